The van der Waals surface area contributed by atoms with Gasteiger partial charge in [-0.25, -0.2) is 9.78 Å². The number of likely N-dealkylation sites (N-methyl/N-ethyl adjacent to an activating group) is 1. The lowest BCUT2D eigenvalue weighted by Crippen LogP contribution is -2.36. The topological polar surface area (TPSA) is 87.5 Å². The van der Waals surface area contributed by atoms with Crippen LogP contribution in [0.3, 0.4) is 0 Å². The second-order valence-electron chi connectivity index (χ2n) is 9.25. The van der Waals surface area contributed by atoms with Crippen LogP contribution in [0.5, 0.6) is 0 Å². The van der Waals surface area contributed by atoms with E-state index >= 15 is 0 Å². The number of rotatable bonds is 7. The smallest absolute Gasteiger partial charge is 0.410 e. The molecule has 31 heavy (non-hydrogen) atoms. The summed E-state index contributed by atoms with van der Waals surface area (Å²) in [6.45, 7) is 5.64. The number of carbonyl (C=O) groups is 3. The van der Waals surface area contributed by atoms with Crippen molar-refractivity contribution in [1.82, 2.24) is 19.2 Å². The highest BCUT2D eigenvalue weighted by molar-refractivity contribution is 5.92. The molecule has 0 atom stereocenters. The van der Waals surface area contributed by atoms with E-state index in [2.05, 4.69) is 4.98 Å². The number of fused-ring (bicyclic) bond motifs is 1. The summed E-state index contributed by atoms with van der Waals surface area (Å²) in [6.07, 6.45) is 6.29. The minimum atomic E-state index is -0.583. The largest absolute Gasteiger partial charge is 0.444 e. The van der Waals surface area contributed by atoms with Crippen molar-refractivity contribution < 1.29 is 19.1 Å². The van der Waals surface area contributed by atoms with Crippen molar-refractivity contribution in [1.29, 1.82) is 0 Å². The van der Waals surface area contributed by atoms with Crippen molar-refractivity contribution in [2.75, 3.05) is 32.6 Å². The third kappa shape index (κ3) is 5.53. The zero-order valence-corrected chi connectivity index (χ0v) is 19.1. The zero-order valence-electron chi connectivity index (χ0n) is 19.1. The number of hydrogen-bond donors (Lipinski definition) is 0. The first-order valence-corrected chi connectivity index (χ1v) is 10.4. The van der Waals surface area contributed by atoms with Gasteiger partial charge in [0.2, 0.25) is 12.3 Å². The predicted molar refractivity (Wildman–Crippen MR) is 117 cm³/mol. The molecule has 1 aliphatic carbocycles. The molecule has 3 amide bonds. The third-order valence-electron chi connectivity index (χ3n) is 5.00. The molecule has 0 aliphatic heterocycles. The highest BCUT2D eigenvalue weighted by Gasteiger charge is 2.27. The van der Waals surface area contributed by atoms with Crippen LogP contribution in [0.15, 0.2) is 18.5 Å². The van der Waals surface area contributed by atoms with Crippen molar-refractivity contribution in [2.45, 2.75) is 51.7 Å². The van der Waals surface area contributed by atoms with E-state index in [-0.39, 0.29) is 19.0 Å². The number of ether oxygens (including phenoxy) is 1. The van der Waals surface area contributed by atoms with E-state index in [1.54, 1.807) is 21.1 Å². The molecule has 168 valence electrons. The molecule has 0 bridgehead atoms. The number of nitrogens with zero attached hydrogens (tertiary/aromatic N) is 5. The second kappa shape index (κ2) is 8.56. The van der Waals surface area contributed by atoms with E-state index in [1.807, 2.05) is 43.6 Å². The summed E-state index contributed by atoms with van der Waals surface area (Å²) in [5, 5.41) is 0. The summed E-state index contributed by atoms with van der Waals surface area (Å²) in [7, 11) is 4.96. The second-order valence-corrected chi connectivity index (χ2v) is 9.25. The van der Waals surface area contributed by atoms with Gasteiger partial charge in [-0.3, -0.25) is 9.59 Å². The predicted octanol–water partition coefficient (Wildman–Crippen LogP) is 2.63. The Kier molecular flexibility index (Phi) is 6.24. The molecule has 0 unspecified atom stereocenters. The molecule has 0 spiro atoms. The molecule has 2 aromatic heterocycles. The lowest BCUT2D eigenvalue weighted by molar-refractivity contribution is -0.128. The summed E-state index contributed by atoms with van der Waals surface area (Å²) >= 11 is 0. The lowest BCUT2D eigenvalue weighted by Gasteiger charge is -2.24. The van der Waals surface area contributed by atoms with Gasteiger partial charge in [0, 0.05) is 33.5 Å². The van der Waals surface area contributed by atoms with Crippen molar-refractivity contribution in [3.05, 3.63) is 29.7 Å². The van der Waals surface area contributed by atoms with Crippen LogP contribution in [0, 0.1) is 0 Å². The van der Waals surface area contributed by atoms with Gasteiger partial charge in [0.15, 0.2) is 5.65 Å². The van der Waals surface area contributed by atoms with Crippen molar-refractivity contribution in [3.63, 3.8) is 0 Å². The molecule has 3 rings (SSSR count). The Morgan fingerprint density at radius 3 is 2.45 bits per heavy atom. The zero-order chi connectivity index (χ0) is 22.9. The summed E-state index contributed by atoms with van der Waals surface area (Å²) in [5.41, 5.74) is 2.33. The highest BCUT2D eigenvalue weighted by atomic mass is 16.6. The molecule has 2 heterocycles. The van der Waals surface area contributed by atoms with E-state index in [4.69, 9.17) is 4.74 Å². The number of aromatic nitrogens is 2. The van der Waals surface area contributed by atoms with Crippen LogP contribution in [0.1, 0.15) is 50.8 Å². The maximum absolute atomic E-state index is 12.3. The maximum atomic E-state index is 12.3. The molecular weight excluding hydrogens is 398 g/mol. The van der Waals surface area contributed by atoms with Crippen LogP contribution in [-0.4, -0.2) is 70.9 Å². The number of imidazole rings is 1. The molecule has 1 aliphatic rings. The minimum absolute atomic E-state index is 0.0692. The Balaban J connectivity index is 1.93. The fraction of sp³-hybridized carbons (Fsp3) is 0.545. The van der Waals surface area contributed by atoms with Crippen molar-refractivity contribution >= 4 is 29.7 Å². The molecule has 9 nitrogen and oxygen atoms in total. The summed E-state index contributed by atoms with van der Waals surface area (Å²) in [4.78, 5) is 45.4. The van der Waals surface area contributed by atoms with E-state index in [9.17, 15) is 14.4 Å². The Bertz CT molecular complexity index is 988. The standard InChI is InChI=1S/C22H31N5O4/c1-22(2,3)31-21(30)25(6)11-17-12-26-10-16(15-7-8-15)9-18(20(26)23-17)27(14-28)13-19(29)24(4)5/h9-10,12,14-15H,7-8,11,13H2,1-6H3. The third-order valence-corrected chi connectivity index (χ3v) is 5.00. The number of anilines is 1. The van der Waals surface area contributed by atoms with Gasteiger partial charge in [-0.2, -0.15) is 0 Å². The number of carbonyl (C=O) groups excluding carboxylic acids is 3. The maximum Gasteiger partial charge on any atom is 0.410 e. The number of pyridine rings is 1. The average Bonchev–Trinajstić information content (AvgIpc) is 3.44. The molecular formula is C22H31N5O4. The van der Waals surface area contributed by atoms with Gasteiger partial charge in [0.25, 0.3) is 0 Å². The van der Waals surface area contributed by atoms with Crippen LogP contribution in [0.4, 0.5) is 10.5 Å². The van der Waals surface area contributed by atoms with Gasteiger partial charge in [-0.05, 0) is 51.2 Å². The summed E-state index contributed by atoms with van der Waals surface area (Å²) in [6, 6.07) is 1.94. The van der Waals surface area contributed by atoms with E-state index < -0.39 is 11.7 Å². The van der Waals surface area contributed by atoms with Gasteiger partial charge < -0.3 is 23.8 Å². The number of amides is 3. The quantitative estimate of drug-likeness (QED) is 0.632. The Morgan fingerprint density at radius 1 is 1.23 bits per heavy atom. The van der Waals surface area contributed by atoms with Gasteiger partial charge in [0.05, 0.1) is 17.9 Å². The molecule has 0 N–H and O–H groups in total. The van der Waals surface area contributed by atoms with Crippen molar-refractivity contribution in [3.8, 4) is 0 Å². The molecule has 1 fully saturated rings. The SMILES string of the molecule is CN(C)C(=O)CN(C=O)c1cc(C2CC2)cn2cc(CN(C)C(=O)OC(C)(C)C)nc12. The van der Waals surface area contributed by atoms with E-state index in [0.717, 1.165) is 18.4 Å². The van der Waals surface area contributed by atoms with E-state index in [0.29, 0.717) is 29.4 Å². The fourth-order valence-electron chi connectivity index (χ4n) is 3.19. The lowest BCUT2D eigenvalue weighted by atomic mass is 10.1. The minimum Gasteiger partial charge on any atom is -0.444 e. The summed E-state index contributed by atoms with van der Waals surface area (Å²) in [5.74, 6) is 0.273. The Morgan fingerprint density at radius 2 is 1.90 bits per heavy atom. The normalized spacial score (nSPS) is 13.7. The molecule has 0 saturated heterocycles. The van der Waals surface area contributed by atoms with Gasteiger partial charge in [-0.15, -0.1) is 0 Å². The average molecular weight is 430 g/mol. The van der Waals surface area contributed by atoms with Crippen LogP contribution < -0.4 is 4.90 Å². The Hall–Kier alpha value is -3.10. The first-order valence-electron chi connectivity index (χ1n) is 10.4. The van der Waals surface area contributed by atoms with Crippen molar-refractivity contribution in [2.24, 2.45) is 0 Å². The Labute approximate surface area is 182 Å². The van der Waals surface area contributed by atoms with Crippen LogP contribution in [0.25, 0.3) is 5.65 Å². The first kappa shape index (κ1) is 22.6. The fourth-order valence-corrected chi connectivity index (χ4v) is 3.19. The molecule has 2 aromatic rings. The van der Waals surface area contributed by atoms with Gasteiger partial charge in [-0.1, -0.05) is 0 Å². The summed E-state index contributed by atoms with van der Waals surface area (Å²) < 4.78 is 7.28. The molecule has 9 heteroatoms. The van der Waals surface area contributed by atoms with Gasteiger partial charge >= 0.3 is 6.09 Å². The van der Waals surface area contributed by atoms with Crippen LogP contribution in [0.2, 0.25) is 0 Å². The molecule has 0 radical (unpaired) electrons. The van der Waals surface area contributed by atoms with Gasteiger partial charge in [0.1, 0.15) is 12.1 Å². The van der Waals surface area contributed by atoms with Crippen LogP contribution >= 0.6 is 0 Å². The first-order chi connectivity index (χ1) is 14.5. The molecule has 0 aromatic carbocycles. The van der Waals surface area contributed by atoms with E-state index in [1.165, 1.54) is 14.7 Å². The molecule has 1 saturated carbocycles. The highest BCUT2D eigenvalue weighted by Crippen LogP contribution is 2.41. The van der Waals surface area contributed by atoms with Crippen LogP contribution in [-0.2, 0) is 20.9 Å². The monoisotopic (exact) mass is 429 g/mol. The number of hydrogen-bond acceptors (Lipinski definition) is 5.